The van der Waals surface area contributed by atoms with Crippen molar-refractivity contribution in [1.29, 1.82) is 0 Å². The van der Waals surface area contributed by atoms with Crippen molar-refractivity contribution in [3.05, 3.63) is 34.5 Å². The van der Waals surface area contributed by atoms with E-state index in [2.05, 4.69) is 9.88 Å². The van der Waals surface area contributed by atoms with E-state index in [9.17, 15) is 8.42 Å². The quantitative estimate of drug-likeness (QED) is 0.641. The van der Waals surface area contributed by atoms with Gasteiger partial charge in [-0.3, -0.25) is 0 Å². The number of aryl methyl sites for hydroxylation is 2. The van der Waals surface area contributed by atoms with E-state index in [-0.39, 0.29) is 4.90 Å². The molecule has 2 aliphatic heterocycles. The molecule has 0 bridgehead atoms. The number of sulfonamides is 1. The molecule has 0 saturated carbocycles. The third kappa shape index (κ3) is 4.63. The largest absolute Gasteiger partial charge is 0.495 e. The molecule has 1 aromatic heterocycles. The highest BCUT2D eigenvalue weighted by molar-refractivity contribution is 7.89. The molecule has 1 aromatic carbocycles. The van der Waals surface area contributed by atoms with Gasteiger partial charge in [0, 0.05) is 56.1 Å². The Labute approximate surface area is 194 Å². The minimum absolute atomic E-state index is 0.0884. The molecular weight excluding hydrogens is 454 g/mol. The number of aromatic nitrogens is 2. The number of morpholine rings is 1. The van der Waals surface area contributed by atoms with Crippen molar-refractivity contribution < 1.29 is 17.9 Å². The second-order valence-electron chi connectivity index (χ2n) is 7.91. The summed E-state index contributed by atoms with van der Waals surface area (Å²) in [6.45, 7) is 8.34. The molecule has 0 aliphatic carbocycles. The van der Waals surface area contributed by atoms with Crippen molar-refractivity contribution in [2.75, 3.05) is 69.4 Å². The Morgan fingerprint density at radius 1 is 0.969 bits per heavy atom. The van der Waals surface area contributed by atoms with Gasteiger partial charge in [0.25, 0.3) is 0 Å². The third-order valence-electron chi connectivity index (χ3n) is 5.75. The van der Waals surface area contributed by atoms with Gasteiger partial charge in [-0.25, -0.2) is 13.4 Å². The standard InChI is InChI=1S/C21H28ClN5O4S/c1-15-12-18(30-3)19(14-17(15)22)32(28,29)27-6-4-26(5-7-27)21-23-16(2)13-20(24-21)25-8-10-31-11-9-25/h12-14H,4-11H2,1-3H3. The fraction of sp³-hybridized carbons (Fsp3) is 0.524. The maximum atomic E-state index is 13.3. The molecule has 2 aromatic rings. The Kier molecular flexibility index (Phi) is 6.75. The number of anilines is 2. The molecule has 9 nitrogen and oxygen atoms in total. The maximum absolute atomic E-state index is 13.3. The second kappa shape index (κ2) is 9.38. The summed E-state index contributed by atoms with van der Waals surface area (Å²) in [5, 5.41) is 0.395. The first-order valence-corrected chi connectivity index (χ1v) is 12.4. The Bertz CT molecular complexity index is 1080. The molecule has 0 N–H and O–H groups in total. The molecule has 0 atom stereocenters. The van der Waals surface area contributed by atoms with Crippen molar-refractivity contribution in [3.8, 4) is 5.75 Å². The predicted molar refractivity (Wildman–Crippen MR) is 124 cm³/mol. The number of methoxy groups -OCH3 is 1. The first kappa shape index (κ1) is 23.0. The van der Waals surface area contributed by atoms with Gasteiger partial charge in [-0.1, -0.05) is 11.6 Å². The molecule has 174 valence electrons. The molecule has 4 rings (SSSR count). The normalized spacial score (nSPS) is 18.1. The Hall–Kier alpha value is -2.14. The molecule has 2 fully saturated rings. The summed E-state index contributed by atoms with van der Waals surface area (Å²) in [5.41, 5.74) is 1.64. The lowest BCUT2D eigenvalue weighted by atomic mass is 10.2. The van der Waals surface area contributed by atoms with E-state index in [1.165, 1.54) is 17.5 Å². The summed E-state index contributed by atoms with van der Waals surface area (Å²) in [7, 11) is -2.29. The van der Waals surface area contributed by atoms with E-state index in [0.717, 1.165) is 30.2 Å². The van der Waals surface area contributed by atoms with Crippen molar-refractivity contribution in [3.63, 3.8) is 0 Å². The number of piperazine rings is 1. The van der Waals surface area contributed by atoms with Gasteiger partial charge in [-0.2, -0.15) is 9.29 Å². The zero-order valence-electron chi connectivity index (χ0n) is 18.5. The summed E-state index contributed by atoms with van der Waals surface area (Å²) in [5.74, 6) is 1.80. The molecule has 0 spiro atoms. The van der Waals surface area contributed by atoms with Gasteiger partial charge in [0.15, 0.2) is 0 Å². The van der Waals surface area contributed by atoms with Gasteiger partial charge in [-0.05, 0) is 31.5 Å². The van der Waals surface area contributed by atoms with Crippen LogP contribution in [0.1, 0.15) is 11.3 Å². The Balaban J connectivity index is 1.51. The lowest BCUT2D eigenvalue weighted by Crippen LogP contribution is -2.49. The maximum Gasteiger partial charge on any atom is 0.246 e. The third-order valence-corrected chi connectivity index (χ3v) is 8.08. The van der Waals surface area contributed by atoms with Crippen LogP contribution in [-0.4, -0.2) is 82.3 Å². The number of hydrogen-bond donors (Lipinski definition) is 0. The van der Waals surface area contributed by atoms with Crippen molar-refractivity contribution in [1.82, 2.24) is 14.3 Å². The van der Waals surface area contributed by atoms with Crippen LogP contribution in [0.4, 0.5) is 11.8 Å². The second-order valence-corrected chi connectivity index (χ2v) is 10.2. The zero-order valence-corrected chi connectivity index (χ0v) is 20.1. The number of hydrogen-bond acceptors (Lipinski definition) is 8. The number of rotatable bonds is 5. The first-order valence-electron chi connectivity index (χ1n) is 10.6. The minimum Gasteiger partial charge on any atom is -0.495 e. The molecular formula is C21H28ClN5O4S. The first-order chi connectivity index (χ1) is 15.3. The summed E-state index contributed by atoms with van der Waals surface area (Å²) >= 11 is 6.21. The van der Waals surface area contributed by atoms with Crippen LogP contribution in [0, 0.1) is 13.8 Å². The average molecular weight is 482 g/mol. The topological polar surface area (TPSA) is 88.1 Å². The van der Waals surface area contributed by atoms with E-state index < -0.39 is 10.0 Å². The number of ether oxygens (including phenoxy) is 2. The molecule has 32 heavy (non-hydrogen) atoms. The summed E-state index contributed by atoms with van der Waals surface area (Å²) in [6, 6.07) is 5.10. The van der Waals surface area contributed by atoms with Crippen LogP contribution in [0.25, 0.3) is 0 Å². The zero-order chi connectivity index (χ0) is 22.9. The lowest BCUT2D eigenvalue weighted by molar-refractivity contribution is 0.122. The van der Waals surface area contributed by atoms with Crippen LogP contribution in [0.3, 0.4) is 0 Å². The summed E-state index contributed by atoms with van der Waals surface area (Å²) < 4.78 is 38.8. The van der Waals surface area contributed by atoms with Crippen LogP contribution < -0.4 is 14.5 Å². The van der Waals surface area contributed by atoms with Crippen molar-refractivity contribution in [2.24, 2.45) is 0 Å². The molecule has 2 saturated heterocycles. The molecule has 0 unspecified atom stereocenters. The van der Waals surface area contributed by atoms with E-state index in [0.29, 0.717) is 56.1 Å². The van der Waals surface area contributed by atoms with E-state index in [4.69, 9.17) is 26.1 Å². The van der Waals surface area contributed by atoms with Crippen molar-refractivity contribution >= 4 is 33.4 Å². The monoisotopic (exact) mass is 481 g/mol. The highest BCUT2D eigenvalue weighted by Gasteiger charge is 2.32. The fourth-order valence-electron chi connectivity index (χ4n) is 3.90. The van der Waals surface area contributed by atoms with Crippen molar-refractivity contribution in [2.45, 2.75) is 18.7 Å². The highest BCUT2D eigenvalue weighted by Crippen LogP contribution is 2.32. The minimum atomic E-state index is -3.75. The fourth-order valence-corrected chi connectivity index (χ4v) is 5.71. The smallest absolute Gasteiger partial charge is 0.246 e. The number of halogens is 1. The van der Waals surface area contributed by atoms with Crippen LogP contribution in [-0.2, 0) is 14.8 Å². The van der Waals surface area contributed by atoms with Gasteiger partial charge >= 0.3 is 0 Å². The van der Waals surface area contributed by atoms with Crippen LogP contribution >= 0.6 is 11.6 Å². The van der Waals surface area contributed by atoms with Crippen LogP contribution in [0.15, 0.2) is 23.1 Å². The number of nitrogens with zero attached hydrogens (tertiary/aromatic N) is 5. The van der Waals surface area contributed by atoms with E-state index in [1.807, 2.05) is 24.8 Å². The highest BCUT2D eigenvalue weighted by atomic mass is 35.5. The average Bonchev–Trinajstić information content (AvgIpc) is 2.80. The van der Waals surface area contributed by atoms with E-state index >= 15 is 0 Å². The molecule has 0 amide bonds. The molecule has 0 radical (unpaired) electrons. The molecule has 11 heteroatoms. The van der Waals surface area contributed by atoms with Gasteiger partial charge in [0.1, 0.15) is 16.5 Å². The predicted octanol–water partition coefficient (Wildman–Crippen LogP) is 2.10. The molecule has 2 aliphatic rings. The van der Waals surface area contributed by atoms with Gasteiger partial charge in [0.2, 0.25) is 16.0 Å². The van der Waals surface area contributed by atoms with Gasteiger partial charge < -0.3 is 19.3 Å². The summed E-state index contributed by atoms with van der Waals surface area (Å²) in [6.07, 6.45) is 0. The van der Waals surface area contributed by atoms with E-state index in [1.54, 1.807) is 6.07 Å². The lowest BCUT2D eigenvalue weighted by Gasteiger charge is -2.35. The number of benzene rings is 1. The van der Waals surface area contributed by atoms with Gasteiger partial charge in [0.05, 0.1) is 20.3 Å². The SMILES string of the molecule is COc1cc(C)c(Cl)cc1S(=O)(=O)N1CCN(c2nc(C)cc(N3CCOCC3)n2)CC1. The Morgan fingerprint density at radius 3 is 2.31 bits per heavy atom. The van der Waals surface area contributed by atoms with Gasteiger partial charge in [-0.15, -0.1) is 0 Å². The van der Waals surface area contributed by atoms with Crippen LogP contribution in [0.5, 0.6) is 5.75 Å². The summed E-state index contributed by atoms with van der Waals surface area (Å²) in [4.78, 5) is 13.7. The molecule has 3 heterocycles. The van der Waals surface area contributed by atoms with Crippen LogP contribution in [0.2, 0.25) is 5.02 Å². The Morgan fingerprint density at radius 2 is 1.66 bits per heavy atom.